The molecule has 0 aliphatic carbocycles. The van der Waals surface area contributed by atoms with Crippen molar-refractivity contribution in [3.05, 3.63) is 21.0 Å². The quantitative estimate of drug-likeness (QED) is 0.482. The van der Waals surface area contributed by atoms with Crippen LogP contribution in [0.15, 0.2) is 6.07 Å². The van der Waals surface area contributed by atoms with Crippen LogP contribution in [0.25, 0.3) is 0 Å². The molecule has 0 amide bonds. The average Bonchev–Trinajstić information content (AvgIpc) is 2.11. The van der Waals surface area contributed by atoms with E-state index in [1.165, 1.54) is 22.6 Å². The van der Waals surface area contributed by atoms with Gasteiger partial charge in [0.05, 0.1) is 12.3 Å². The van der Waals surface area contributed by atoms with Crippen LogP contribution in [0.3, 0.4) is 0 Å². The molecule has 0 fully saturated rings. The van der Waals surface area contributed by atoms with E-state index < -0.39 is 36.2 Å². The summed E-state index contributed by atoms with van der Waals surface area (Å²) in [4.78, 5) is 3.32. The van der Waals surface area contributed by atoms with E-state index in [4.69, 9.17) is 5.11 Å². The Morgan fingerprint density at radius 1 is 1.22 bits per heavy atom. The second kappa shape index (κ2) is 5.07. The standard InChI is InChI=1S/C8H4F6INO2/c9-7(10,11)6-3(2-17)16-5(15)1-4(6)18-8(12,13)14/h1,17H,2H2. The van der Waals surface area contributed by atoms with Crippen molar-refractivity contribution in [1.82, 2.24) is 4.98 Å². The van der Waals surface area contributed by atoms with Crippen molar-refractivity contribution in [2.45, 2.75) is 19.1 Å². The number of aliphatic hydroxyl groups is 1. The van der Waals surface area contributed by atoms with E-state index in [0.29, 0.717) is 6.07 Å². The third kappa shape index (κ3) is 3.86. The fraction of sp³-hybridized carbons (Fsp3) is 0.375. The number of hydrogen-bond acceptors (Lipinski definition) is 3. The Hall–Kier alpha value is -0.780. The molecule has 3 nitrogen and oxygen atoms in total. The Balaban J connectivity index is 3.43. The van der Waals surface area contributed by atoms with Crippen molar-refractivity contribution in [3.63, 3.8) is 0 Å². The molecule has 102 valence electrons. The molecule has 1 rings (SSSR count). The second-order valence-electron chi connectivity index (χ2n) is 2.97. The molecule has 18 heavy (non-hydrogen) atoms. The van der Waals surface area contributed by atoms with Crippen LogP contribution in [-0.2, 0) is 12.8 Å². The van der Waals surface area contributed by atoms with Crippen molar-refractivity contribution in [2.75, 3.05) is 0 Å². The third-order valence-electron chi connectivity index (χ3n) is 1.69. The minimum atomic E-state index is -5.27. The van der Waals surface area contributed by atoms with Gasteiger partial charge in [0, 0.05) is 6.07 Å². The SMILES string of the molecule is OCc1nc(I)cc(OC(F)(F)F)c1C(F)(F)F. The first-order chi connectivity index (χ1) is 8.04. The largest absolute Gasteiger partial charge is 0.573 e. The lowest BCUT2D eigenvalue weighted by molar-refractivity contribution is -0.276. The summed E-state index contributed by atoms with van der Waals surface area (Å²) >= 11 is 1.41. The number of aromatic nitrogens is 1. The summed E-state index contributed by atoms with van der Waals surface area (Å²) in [5, 5.41) is 8.73. The third-order valence-corrected chi connectivity index (χ3v) is 2.24. The number of halogens is 7. The van der Waals surface area contributed by atoms with Gasteiger partial charge in [0.2, 0.25) is 0 Å². The number of rotatable bonds is 2. The highest BCUT2D eigenvalue weighted by Gasteiger charge is 2.42. The van der Waals surface area contributed by atoms with Gasteiger partial charge in [-0.15, -0.1) is 13.2 Å². The lowest BCUT2D eigenvalue weighted by Crippen LogP contribution is -2.22. The first kappa shape index (κ1) is 15.3. The van der Waals surface area contributed by atoms with Crippen LogP contribution in [-0.4, -0.2) is 16.5 Å². The van der Waals surface area contributed by atoms with Gasteiger partial charge in [0.25, 0.3) is 0 Å². The van der Waals surface area contributed by atoms with E-state index in [2.05, 4.69) is 9.72 Å². The van der Waals surface area contributed by atoms with E-state index >= 15 is 0 Å². The van der Waals surface area contributed by atoms with Crippen LogP contribution in [0.4, 0.5) is 26.3 Å². The molecular weight excluding hydrogens is 383 g/mol. The molecule has 0 aliphatic rings. The van der Waals surface area contributed by atoms with E-state index in [9.17, 15) is 26.3 Å². The maximum atomic E-state index is 12.6. The van der Waals surface area contributed by atoms with Crippen LogP contribution < -0.4 is 4.74 Å². The summed E-state index contributed by atoms with van der Waals surface area (Å²) < 4.78 is 77.0. The van der Waals surface area contributed by atoms with Gasteiger partial charge in [0.1, 0.15) is 15.0 Å². The molecule has 0 radical (unpaired) electrons. The molecule has 0 unspecified atom stereocenters. The summed E-state index contributed by atoms with van der Waals surface area (Å²) in [6.45, 7) is -1.15. The molecule has 0 aromatic carbocycles. The van der Waals surface area contributed by atoms with E-state index in [0.717, 1.165) is 0 Å². The Kier molecular flexibility index (Phi) is 4.30. The molecule has 0 aliphatic heterocycles. The summed E-state index contributed by atoms with van der Waals surface area (Å²) in [6, 6.07) is 0.496. The van der Waals surface area contributed by atoms with Gasteiger partial charge in [0.15, 0.2) is 0 Å². The maximum absolute atomic E-state index is 12.6. The predicted molar refractivity (Wildman–Crippen MR) is 54.6 cm³/mol. The van der Waals surface area contributed by atoms with Crippen molar-refractivity contribution >= 4 is 22.6 Å². The topological polar surface area (TPSA) is 42.4 Å². The lowest BCUT2D eigenvalue weighted by Gasteiger charge is -2.17. The monoisotopic (exact) mass is 387 g/mol. The summed E-state index contributed by atoms with van der Waals surface area (Å²) in [7, 11) is 0. The minimum absolute atomic E-state index is 0.163. The van der Waals surface area contributed by atoms with Gasteiger partial charge in [-0.05, 0) is 22.6 Å². The maximum Gasteiger partial charge on any atom is 0.573 e. The molecule has 0 atom stereocenters. The smallest absolute Gasteiger partial charge is 0.405 e. The molecule has 1 aromatic heterocycles. The molecule has 0 saturated heterocycles. The molecule has 0 spiro atoms. The van der Waals surface area contributed by atoms with Crippen LogP contribution in [0.5, 0.6) is 5.75 Å². The molecule has 1 heterocycles. The average molecular weight is 387 g/mol. The highest BCUT2D eigenvalue weighted by molar-refractivity contribution is 14.1. The Morgan fingerprint density at radius 2 is 1.78 bits per heavy atom. The molecule has 1 aromatic rings. The fourth-order valence-corrected chi connectivity index (χ4v) is 1.74. The zero-order chi connectivity index (χ0) is 14.1. The minimum Gasteiger partial charge on any atom is -0.405 e. The summed E-state index contributed by atoms with van der Waals surface area (Å²) in [5.41, 5.74) is -2.66. The van der Waals surface area contributed by atoms with Gasteiger partial charge in [-0.3, -0.25) is 0 Å². The summed E-state index contributed by atoms with van der Waals surface area (Å²) in [5.74, 6) is -1.43. The molecular formula is C8H4F6INO2. The van der Waals surface area contributed by atoms with E-state index in [1.807, 2.05) is 0 Å². The molecule has 10 heteroatoms. The zero-order valence-corrected chi connectivity index (χ0v) is 10.4. The molecule has 0 bridgehead atoms. The number of pyridine rings is 1. The highest BCUT2D eigenvalue weighted by Crippen LogP contribution is 2.40. The number of alkyl halides is 6. The molecule has 1 N–H and O–H groups in total. The first-order valence-corrected chi connectivity index (χ1v) is 5.25. The van der Waals surface area contributed by atoms with Gasteiger partial charge in [-0.1, -0.05) is 0 Å². The predicted octanol–water partition coefficient (Wildman–Crippen LogP) is 3.10. The molecule has 0 saturated carbocycles. The van der Waals surface area contributed by atoms with Crippen molar-refractivity contribution < 1.29 is 36.2 Å². The number of ether oxygens (including phenoxy) is 1. The van der Waals surface area contributed by atoms with Crippen molar-refractivity contribution in [3.8, 4) is 5.75 Å². The fourth-order valence-electron chi connectivity index (χ4n) is 1.16. The summed E-state index contributed by atoms with van der Waals surface area (Å²) in [6.07, 6.45) is -10.4. The number of aliphatic hydroxyl groups excluding tert-OH is 1. The van der Waals surface area contributed by atoms with Gasteiger partial charge in [-0.2, -0.15) is 13.2 Å². The van der Waals surface area contributed by atoms with Crippen LogP contribution in [0, 0.1) is 3.70 Å². The van der Waals surface area contributed by atoms with Gasteiger partial charge >= 0.3 is 12.5 Å². The normalized spacial score (nSPS) is 12.7. The first-order valence-electron chi connectivity index (χ1n) is 4.18. The van der Waals surface area contributed by atoms with Gasteiger partial charge < -0.3 is 9.84 Å². The Bertz CT molecular complexity index is 444. The van der Waals surface area contributed by atoms with Crippen molar-refractivity contribution in [1.29, 1.82) is 0 Å². The highest BCUT2D eigenvalue weighted by atomic mass is 127. The van der Waals surface area contributed by atoms with Crippen LogP contribution in [0.1, 0.15) is 11.3 Å². The zero-order valence-electron chi connectivity index (χ0n) is 8.23. The van der Waals surface area contributed by atoms with E-state index in [-0.39, 0.29) is 3.70 Å². The lowest BCUT2D eigenvalue weighted by atomic mass is 10.1. The van der Waals surface area contributed by atoms with Crippen LogP contribution >= 0.6 is 22.6 Å². The van der Waals surface area contributed by atoms with E-state index in [1.54, 1.807) is 0 Å². The number of hydrogen-bond donors (Lipinski definition) is 1. The second-order valence-corrected chi connectivity index (χ2v) is 4.07. The van der Waals surface area contributed by atoms with Gasteiger partial charge in [-0.25, -0.2) is 4.98 Å². The number of nitrogens with zero attached hydrogens (tertiary/aromatic N) is 1. The van der Waals surface area contributed by atoms with Crippen molar-refractivity contribution in [2.24, 2.45) is 0 Å². The Labute approximate surface area is 110 Å². The van der Waals surface area contributed by atoms with Crippen LogP contribution in [0.2, 0.25) is 0 Å². The Morgan fingerprint density at radius 3 is 2.17 bits per heavy atom.